The van der Waals surface area contributed by atoms with E-state index in [4.69, 9.17) is 0 Å². The Bertz CT molecular complexity index is 578. The Balaban J connectivity index is 1.75. The Hall–Kier alpha value is -1.50. The maximum Gasteiger partial charge on any atom is 0.586 e. The molecule has 0 saturated heterocycles. The number of benzene rings is 1. The molecule has 0 aromatic heterocycles. The number of ether oxygens (including phenoxy) is 2. The van der Waals surface area contributed by atoms with E-state index in [1.807, 2.05) is 0 Å². The minimum atomic E-state index is -3.58. The van der Waals surface area contributed by atoms with E-state index in [1.165, 1.54) is 12.1 Å². The molecule has 4 nitrogen and oxygen atoms in total. The van der Waals surface area contributed by atoms with Gasteiger partial charge in [0, 0.05) is 17.5 Å². The lowest BCUT2D eigenvalue weighted by molar-refractivity contribution is -0.286. The molecule has 1 aromatic rings. The van der Waals surface area contributed by atoms with Gasteiger partial charge in [0.1, 0.15) is 0 Å². The SMILES string of the molecule is CC(C)C1CCSC(Nc2ccc3c(c2)OC(F)(F)O3)=N1. The molecule has 114 valence electrons. The first-order chi connectivity index (χ1) is 9.93. The maximum atomic E-state index is 13.0. The molecule has 0 aliphatic carbocycles. The highest BCUT2D eigenvalue weighted by Crippen LogP contribution is 2.42. The van der Waals surface area contributed by atoms with Gasteiger partial charge in [-0.05, 0) is 24.5 Å². The number of aliphatic imine (C=N–C) groups is 1. The summed E-state index contributed by atoms with van der Waals surface area (Å²) >= 11 is 1.63. The van der Waals surface area contributed by atoms with E-state index in [0.717, 1.165) is 17.3 Å². The van der Waals surface area contributed by atoms with Gasteiger partial charge in [0.05, 0.1) is 6.04 Å². The zero-order valence-electron chi connectivity index (χ0n) is 11.7. The van der Waals surface area contributed by atoms with E-state index >= 15 is 0 Å². The monoisotopic (exact) mass is 314 g/mol. The number of amidine groups is 1. The zero-order chi connectivity index (χ0) is 15.0. The maximum absolute atomic E-state index is 13.0. The highest BCUT2D eigenvalue weighted by atomic mass is 32.2. The number of hydrogen-bond acceptors (Lipinski definition) is 5. The third-order valence-corrected chi connectivity index (χ3v) is 4.28. The Labute approximate surface area is 125 Å². The molecule has 0 radical (unpaired) electrons. The van der Waals surface area contributed by atoms with E-state index in [-0.39, 0.29) is 11.5 Å². The quantitative estimate of drug-likeness (QED) is 0.898. The summed E-state index contributed by atoms with van der Waals surface area (Å²) in [5, 5.41) is 3.97. The molecule has 1 N–H and O–H groups in total. The van der Waals surface area contributed by atoms with Gasteiger partial charge >= 0.3 is 6.29 Å². The van der Waals surface area contributed by atoms with Gasteiger partial charge in [-0.2, -0.15) is 0 Å². The standard InChI is InChI=1S/C14H16F2N2O2S/c1-8(2)10-5-6-21-13(18-10)17-9-3-4-11-12(7-9)20-14(15,16)19-11/h3-4,7-8,10H,5-6H2,1-2H3,(H,17,18). The normalized spacial score (nSPS) is 23.1. The second-order valence-corrected chi connectivity index (χ2v) is 6.42. The number of rotatable bonds is 2. The minimum Gasteiger partial charge on any atom is -0.395 e. The predicted molar refractivity (Wildman–Crippen MR) is 79.4 cm³/mol. The summed E-state index contributed by atoms with van der Waals surface area (Å²) in [4.78, 5) is 4.65. The van der Waals surface area contributed by atoms with E-state index in [1.54, 1.807) is 17.8 Å². The predicted octanol–water partition coefficient (Wildman–Crippen LogP) is 3.94. The average molecular weight is 314 g/mol. The first-order valence-electron chi connectivity index (χ1n) is 6.80. The van der Waals surface area contributed by atoms with Crippen LogP contribution < -0.4 is 14.8 Å². The number of hydrogen-bond donors (Lipinski definition) is 1. The number of thioether (sulfide) groups is 1. The summed E-state index contributed by atoms with van der Waals surface area (Å²) in [6.45, 7) is 4.29. The van der Waals surface area contributed by atoms with Crippen LogP contribution in [0.25, 0.3) is 0 Å². The topological polar surface area (TPSA) is 42.8 Å². The summed E-state index contributed by atoms with van der Waals surface area (Å²) in [6, 6.07) is 4.93. The van der Waals surface area contributed by atoms with Crippen molar-refractivity contribution >= 4 is 22.6 Å². The van der Waals surface area contributed by atoms with Crippen molar-refractivity contribution in [1.29, 1.82) is 0 Å². The smallest absolute Gasteiger partial charge is 0.395 e. The van der Waals surface area contributed by atoms with Gasteiger partial charge in [0.15, 0.2) is 16.7 Å². The van der Waals surface area contributed by atoms with Crippen LogP contribution >= 0.6 is 11.8 Å². The molecule has 0 spiro atoms. The second-order valence-electron chi connectivity index (χ2n) is 5.34. The fourth-order valence-electron chi connectivity index (χ4n) is 2.23. The Morgan fingerprint density at radius 3 is 2.86 bits per heavy atom. The fourth-order valence-corrected chi connectivity index (χ4v) is 3.18. The molecule has 2 heterocycles. The van der Waals surface area contributed by atoms with Gasteiger partial charge in [0.25, 0.3) is 0 Å². The third-order valence-electron chi connectivity index (χ3n) is 3.36. The van der Waals surface area contributed by atoms with Crippen LogP contribution in [0.1, 0.15) is 20.3 Å². The van der Waals surface area contributed by atoms with Gasteiger partial charge in [-0.3, -0.25) is 4.99 Å². The van der Waals surface area contributed by atoms with Crippen LogP contribution in [0.2, 0.25) is 0 Å². The molecule has 1 atom stereocenters. The molecular weight excluding hydrogens is 298 g/mol. The molecule has 0 saturated carbocycles. The van der Waals surface area contributed by atoms with Crippen molar-refractivity contribution in [1.82, 2.24) is 0 Å². The first kappa shape index (κ1) is 14.4. The summed E-state index contributed by atoms with van der Waals surface area (Å²) in [5.41, 5.74) is 0.658. The van der Waals surface area contributed by atoms with Crippen LogP contribution in [0, 0.1) is 5.92 Å². The van der Waals surface area contributed by atoms with Crippen molar-refractivity contribution in [3.05, 3.63) is 18.2 Å². The van der Waals surface area contributed by atoms with Crippen molar-refractivity contribution < 1.29 is 18.3 Å². The van der Waals surface area contributed by atoms with Crippen LogP contribution in [0.4, 0.5) is 14.5 Å². The van der Waals surface area contributed by atoms with Crippen molar-refractivity contribution in [3.63, 3.8) is 0 Å². The Morgan fingerprint density at radius 1 is 1.33 bits per heavy atom. The average Bonchev–Trinajstić information content (AvgIpc) is 2.72. The van der Waals surface area contributed by atoms with Crippen LogP contribution in [0.3, 0.4) is 0 Å². The molecular formula is C14H16F2N2O2S. The highest BCUT2D eigenvalue weighted by molar-refractivity contribution is 8.14. The van der Waals surface area contributed by atoms with E-state index in [0.29, 0.717) is 17.6 Å². The zero-order valence-corrected chi connectivity index (χ0v) is 12.5. The molecule has 1 unspecified atom stereocenters. The van der Waals surface area contributed by atoms with Gasteiger partial charge in [0.2, 0.25) is 0 Å². The molecule has 0 bridgehead atoms. The lowest BCUT2D eigenvalue weighted by atomic mass is 10.0. The van der Waals surface area contributed by atoms with Crippen LogP contribution in [-0.2, 0) is 0 Å². The molecule has 21 heavy (non-hydrogen) atoms. The number of anilines is 1. The Morgan fingerprint density at radius 2 is 2.10 bits per heavy atom. The molecule has 7 heteroatoms. The molecule has 3 rings (SSSR count). The summed E-state index contributed by atoms with van der Waals surface area (Å²) < 4.78 is 34.8. The van der Waals surface area contributed by atoms with Gasteiger partial charge in [-0.1, -0.05) is 25.6 Å². The third kappa shape index (κ3) is 3.23. The molecule has 1 aromatic carbocycles. The number of alkyl halides is 2. The summed E-state index contributed by atoms with van der Waals surface area (Å²) in [7, 11) is 0. The molecule has 2 aliphatic heterocycles. The number of fused-ring (bicyclic) bond motifs is 1. The Kier molecular flexibility index (Phi) is 3.69. The van der Waals surface area contributed by atoms with Crippen LogP contribution in [0.5, 0.6) is 11.5 Å². The summed E-state index contributed by atoms with van der Waals surface area (Å²) in [6.07, 6.45) is -2.53. The number of nitrogens with one attached hydrogen (secondary N) is 1. The van der Waals surface area contributed by atoms with Crippen molar-refractivity contribution in [2.24, 2.45) is 10.9 Å². The number of nitrogens with zero attached hydrogens (tertiary/aromatic N) is 1. The van der Waals surface area contributed by atoms with Crippen LogP contribution in [-0.4, -0.2) is 23.3 Å². The lowest BCUT2D eigenvalue weighted by Crippen LogP contribution is -2.26. The molecule has 0 amide bonds. The van der Waals surface area contributed by atoms with Crippen molar-refractivity contribution in [2.45, 2.75) is 32.6 Å². The van der Waals surface area contributed by atoms with E-state index in [2.05, 4.69) is 33.6 Å². The largest absolute Gasteiger partial charge is 0.586 e. The van der Waals surface area contributed by atoms with E-state index < -0.39 is 6.29 Å². The van der Waals surface area contributed by atoms with Gasteiger partial charge < -0.3 is 14.8 Å². The molecule has 0 fully saturated rings. The number of halogens is 2. The van der Waals surface area contributed by atoms with Gasteiger partial charge in [-0.25, -0.2) is 0 Å². The fraction of sp³-hybridized carbons (Fsp3) is 0.500. The molecule has 2 aliphatic rings. The van der Waals surface area contributed by atoms with E-state index in [9.17, 15) is 8.78 Å². The van der Waals surface area contributed by atoms with Crippen molar-refractivity contribution in [2.75, 3.05) is 11.1 Å². The highest BCUT2D eigenvalue weighted by Gasteiger charge is 2.43. The first-order valence-corrected chi connectivity index (χ1v) is 7.79. The van der Waals surface area contributed by atoms with Crippen LogP contribution in [0.15, 0.2) is 23.2 Å². The lowest BCUT2D eigenvalue weighted by Gasteiger charge is -2.23. The van der Waals surface area contributed by atoms with Gasteiger partial charge in [-0.15, -0.1) is 8.78 Å². The minimum absolute atomic E-state index is 0.0341. The summed E-state index contributed by atoms with van der Waals surface area (Å²) in [5.74, 6) is 1.56. The second kappa shape index (κ2) is 5.36. The van der Waals surface area contributed by atoms with Crippen molar-refractivity contribution in [3.8, 4) is 11.5 Å².